The maximum absolute atomic E-state index is 12.3. The van der Waals surface area contributed by atoms with Gasteiger partial charge in [0.05, 0.1) is 0 Å². The summed E-state index contributed by atoms with van der Waals surface area (Å²) in [6.45, 7) is 6.48. The van der Waals surface area contributed by atoms with E-state index in [2.05, 4.69) is 31.9 Å². The summed E-state index contributed by atoms with van der Waals surface area (Å²) in [6, 6.07) is 0. The second-order valence-electron chi connectivity index (χ2n) is 5.77. The summed E-state index contributed by atoms with van der Waals surface area (Å²) in [5.74, 6) is 0. The Hall–Kier alpha value is 0.570. The first kappa shape index (κ1) is 19.6. The summed E-state index contributed by atoms with van der Waals surface area (Å²) < 4.78 is 20.2. The van der Waals surface area contributed by atoms with E-state index in [9.17, 15) is 18.7 Å². The molecule has 0 unspecified atom stereocenters. The lowest BCUT2D eigenvalue weighted by Gasteiger charge is -2.39. The van der Waals surface area contributed by atoms with E-state index in [1.165, 1.54) is 0 Å². The van der Waals surface area contributed by atoms with Crippen LogP contribution in [0.15, 0.2) is 0 Å². The molecule has 114 valence electrons. The summed E-state index contributed by atoms with van der Waals surface area (Å²) in [4.78, 5) is 24.5. The largest absolute Gasteiger partial charge is 0.286 e. The van der Waals surface area contributed by atoms with E-state index in [0.29, 0.717) is 23.5 Å². The predicted octanol–water partition coefficient (Wildman–Crippen LogP) is 4.41. The van der Waals surface area contributed by atoms with Crippen molar-refractivity contribution in [2.45, 2.75) is 40.5 Å². The van der Waals surface area contributed by atoms with Gasteiger partial charge in [-0.2, -0.15) is 0 Å². The highest BCUT2D eigenvalue weighted by Gasteiger charge is 2.46. The number of hydrogen-bond donors (Lipinski definition) is 2. The van der Waals surface area contributed by atoms with Gasteiger partial charge in [0.2, 0.25) is 0 Å². The van der Waals surface area contributed by atoms with Gasteiger partial charge in [-0.25, -0.2) is 0 Å². The summed E-state index contributed by atoms with van der Waals surface area (Å²) in [5.41, 5.74) is -1.88. The van der Waals surface area contributed by atoms with Crippen LogP contribution in [0.5, 0.6) is 0 Å². The molecule has 19 heavy (non-hydrogen) atoms. The Morgan fingerprint density at radius 3 is 1.37 bits per heavy atom. The van der Waals surface area contributed by atoms with Crippen molar-refractivity contribution >= 4 is 52.7 Å². The van der Waals surface area contributed by atoms with Gasteiger partial charge in [-0.15, -0.1) is 0 Å². The fraction of sp³-hybridized carbons (Fsp3) is 0.833. The van der Waals surface area contributed by atoms with Crippen molar-refractivity contribution in [3.63, 3.8) is 0 Å². The van der Waals surface area contributed by atoms with Crippen molar-refractivity contribution in [2.24, 2.45) is 10.8 Å². The van der Waals surface area contributed by atoms with Gasteiger partial charge in [0.1, 0.15) is 0 Å². The van der Waals surface area contributed by atoms with E-state index in [4.69, 9.17) is 0 Å². The first-order valence-corrected chi connectivity index (χ1v) is 9.71. The first-order valence-electron chi connectivity index (χ1n) is 5.92. The Balaban J connectivity index is 5.27. The number of halogens is 2. The summed E-state index contributed by atoms with van der Waals surface area (Å²) in [7, 11) is -3.92. The van der Waals surface area contributed by atoms with E-state index >= 15 is 0 Å². The Labute approximate surface area is 133 Å². The van der Waals surface area contributed by atoms with Crippen molar-refractivity contribution in [2.75, 3.05) is 10.7 Å². The fourth-order valence-corrected chi connectivity index (χ4v) is 5.43. The minimum Gasteiger partial charge on any atom is -0.286 e. The Bertz CT molecular complexity index is 322. The minimum absolute atomic E-state index is 0.438. The zero-order chi connectivity index (χ0) is 15.5. The third kappa shape index (κ3) is 4.81. The van der Waals surface area contributed by atoms with Gasteiger partial charge >= 0.3 is 0 Å². The molecule has 4 nitrogen and oxygen atoms in total. The van der Waals surface area contributed by atoms with Crippen LogP contribution in [0.4, 0.5) is 0 Å². The summed E-state index contributed by atoms with van der Waals surface area (Å²) >= 11 is 6.45. The molecule has 2 N–H and O–H groups in total. The smallest absolute Gasteiger partial charge is 0.252 e. The van der Waals surface area contributed by atoms with Crippen LogP contribution in [-0.2, 0) is 9.59 Å². The first-order chi connectivity index (χ1) is 8.43. The number of hydrogen-bond acceptors (Lipinski definition) is 4. The van der Waals surface area contributed by atoms with Crippen molar-refractivity contribution in [3.8, 4) is 0 Å². The summed E-state index contributed by atoms with van der Waals surface area (Å²) in [6.07, 6.45) is 0.877. The van der Waals surface area contributed by atoms with E-state index in [1.54, 1.807) is 27.7 Å². The Morgan fingerprint density at radius 1 is 0.895 bits per heavy atom. The molecular weight excluding hydrogens is 400 g/mol. The third-order valence-electron chi connectivity index (χ3n) is 3.06. The number of rotatable bonds is 6. The van der Waals surface area contributed by atoms with Crippen LogP contribution in [0.1, 0.15) is 40.5 Å². The molecule has 0 spiro atoms. The maximum Gasteiger partial charge on any atom is 0.252 e. The zero-order valence-electron chi connectivity index (χ0n) is 11.7. The fourth-order valence-electron chi connectivity index (χ4n) is 1.53. The van der Waals surface area contributed by atoms with E-state index in [-0.39, 0.29) is 0 Å². The lowest BCUT2D eigenvalue weighted by molar-refractivity contribution is -0.123. The number of carbonyl (C=O) groups is 2. The molecule has 7 heteroatoms. The second-order valence-corrected chi connectivity index (χ2v) is 9.19. The van der Waals surface area contributed by atoms with Gasteiger partial charge in [0.25, 0.3) is 10.2 Å². The van der Waals surface area contributed by atoms with Crippen molar-refractivity contribution in [3.05, 3.63) is 0 Å². The lowest BCUT2D eigenvalue weighted by Crippen LogP contribution is -2.38. The second kappa shape index (κ2) is 7.02. The maximum atomic E-state index is 12.3. The molecule has 0 heterocycles. The average Bonchev–Trinajstić information content (AvgIpc) is 2.26. The van der Waals surface area contributed by atoms with Gasteiger partial charge in [0, 0.05) is 21.5 Å². The van der Waals surface area contributed by atoms with E-state index in [1.807, 2.05) is 0 Å². The SMILES string of the molecule is CC(C)(CCBr)C(=O)S(O)(O)C(=O)C(C)(C)CCBr. The lowest BCUT2D eigenvalue weighted by atomic mass is 9.92. The monoisotopic (exact) mass is 420 g/mol. The molecule has 0 aromatic rings. The highest BCUT2D eigenvalue weighted by molar-refractivity contribution is 9.09. The average molecular weight is 422 g/mol. The van der Waals surface area contributed by atoms with Crippen LogP contribution in [0, 0.1) is 10.8 Å². The zero-order valence-corrected chi connectivity index (χ0v) is 15.7. The third-order valence-corrected chi connectivity index (χ3v) is 5.99. The predicted molar refractivity (Wildman–Crippen MR) is 87.2 cm³/mol. The van der Waals surface area contributed by atoms with Crippen molar-refractivity contribution < 1.29 is 18.7 Å². The summed E-state index contributed by atoms with van der Waals surface area (Å²) in [5, 5.41) is -0.431. The Morgan fingerprint density at radius 2 is 1.16 bits per heavy atom. The molecule has 0 fully saturated rings. The quantitative estimate of drug-likeness (QED) is 0.622. The standard InChI is InChI=1S/C12H22Br2O4S/c1-11(2,5-7-13)9(15)19(17,18)10(16)12(3,4)6-8-14/h17-18H,5-8H2,1-4H3. The van der Waals surface area contributed by atoms with Crippen LogP contribution >= 0.6 is 42.4 Å². The van der Waals surface area contributed by atoms with Crippen LogP contribution in [-0.4, -0.2) is 30.0 Å². The molecule has 0 aliphatic rings. The highest BCUT2D eigenvalue weighted by Crippen LogP contribution is 2.52. The highest BCUT2D eigenvalue weighted by atomic mass is 79.9. The van der Waals surface area contributed by atoms with Gasteiger partial charge in [-0.1, -0.05) is 70.1 Å². The number of alkyl halides is 2. The molecule has 0 aliphatic carbocycles. The molecular formula is C12H22Br2O4S. The molecule has 0 amide bonds. The molecule has 0 radical (unpaired) electrons. The molecule has 0 aliphatic heterocycles. The van der Waals surface area contributed by atoms with Crippen molar-refractivity contribution in [1.82, 2.24) is 0 Å². The van der Waals surface area contributed by atoms with Gasteiger partial charge in [-0.3, -0.25) is 18.7 Å². The van der Waals surface area contributed by atoms with Gasteiger partial charge in [0.15, 0.2) is 0 Å². The van der Waals surface area contributed by atoms with Crippen molar-refractivity contribution in [1.29, 1.82) is 0 Å². The van der Waals surface area contributed by atoms with Crippen LogP contribution in [0.3, 0.4) is 0 Å². The Kier molecular flexibility index (Phi) is 7.23. The molecule has 0 aromatic carbocycles. The normalized spacial score (nSPS) is 14.3. The molecule has 0 saturated heterocycles. The molecule has 0 atom stereocenters. The van der Waals surface area contributed by atoms with E-state index in [0.717, 1.165) is 0 Å². The van der Waals surface area contributed by atoms with Gasteiger partial charge < -0.3 is 0 Å². The minimum atomic E-state index is -3.92. The molecule has 0 rings (SSSR count). The van der Waals surface area contributed by atoms with E-state index < -0.39 is 31.7 Å². The molecule has 0 saturated carbocycles. The molecule has 0 bridgehead atoms. The van der Waals surface area contributed by atoms with Gasteiger partial charge in [-0.05, 0) is 12.8 Å². The van der Waals surface area contributed by atoms with Crippen LogP contribution in [0.25, 0.3) is 0 Å². The topological polar surface area (TPSA) is 74.6 Å². The van der Waals surface area contributed by atoms with Crippen LogP contribution < -0.4 is 0 Å². The molecule has 0 aromatic heterocycles. The van der Waals surface area contributed by atoms with Crippen LogP contribution in [0.2, 0.25) is 0 Å². The number of carbonyl (C=O) groups excluding carboxylic acids is 2.